The third-order valence-corrected chi connectivity index (χ3v) is 13.5. The zero-order chi connectivity index (χ0) is 52.4. The van der Waals surface area contributed by atoms with Crippen molar-refractivity contribution in [3.63, 3.8) is 0 Å². The average molecular weight is 1020 g/mol. The Balaban J connectivity index is 2.07. The van der Waals surface area contributed by atoms with E-state index < -0.39 is 49.5 Å². The molecule has 11 nitrogen and oxygen atoms in total. The summed E-state index contributed by atoms with van der Waals surface area (Å²) in [7, 11) is 0. The Kier molecular flexibility index (Phi) is 47.3. The van der Waals surface area contributed by atoms with Crippen molar-refractivity contribution in [2.24, 2.45) is 0 Å². The van der Waals surface area contributed by atoms with Gasteiger partial charge in [0, 0.05) is 12.8 Å². The second-order valence-corrected chi connectivity index (χ2v) is 20.3. The summed E-state index contributed by atoms with van der Waals surface area (Å²) in [5.74, 6) is -0.222. The van der Waals surface area contributed by atoms with Crippen molar-refractivity contribution in [3.8, 4) is 0 Å². The van der Waals surface area contributed by atoms with Crippen LogP contribution in [0.15, 0.2) is 60.8 Å². The summed E-state index contributed by atoms with van der Waals surface area (Å²) < 4.78 is 16.6. The number of esters is 1. The van der Waals surface area contributed by atoms with E-state index in [4.69, 9.17) is 14.2 Å². The minimum atomic E-state index is -1.58. The molecule has 7 atom stereocenters. The molecule has 0 spiro atoms. The smallest absolute Gasteiger partial charge is 0.305 e. The quantitative estimate of drug-likeness (QED) is 0.0195. The van der Waals surface area contributed by atoms with Gasteiger partial charge in [-0.05, 0) is 96.3 Å². The molecular weight excluding hydrogens is 907 g/mol. The van der Waals surface area contributed by atoms with Gasteiger partial charge in [0.15, 0.2) is 6.29 Å². The van der Waals surface area contributed by atoms with Crippen LogP contribution in [0.3, 0.4) is 0 Å². The molecule has 0 radical (unpaired) electrons. The van der Waals surface area contributed by atoms with E-state index in [2.05, 4.69) is 67.8 Å². The van der Waals surface area contributed by atoms with Crippen LogP contribution in [0.1, 0.15) is 251 Å². The maximum absolute atomic E-state index is 13.0. The van der Waals surface area contributed by atoms with Gasteiger partial charge in [0.05, 0.1) is 32.0 Å². The van der Waals surface area contributed by atoms with Crippen LogP contribution in [0.5, 0.6) is 0 Å². The summed E-state index contributed by atoms with van der Waals surface area (Å²) in [6.45, 7) is 4.19. The number of nitrogens with one attached hydrogen (secondary N) is 1. The van der Waals surface area contributed by atoms with Gasteiger partial charge >= 0.3 is 5.97 Å². The van der Waals surface area contributed by atoms with Crippen molar-refractivity contribution in [2.75, 3.05) is 19.8 Å². The minimum absolute atomic E-state index is 0.0153. The van der Waals surface area contributed by atoms with Gasteiger partial charge in [-0.1, -0.05) is 203 Å². The van der Waals surface area contributed by atoms with E-state index >= 15 is 0 Å². The Labute approximate surface area is 439 Å². The lowest BCUT2D eigenvalue weighted by molar-refractivity contribution is -0.302. The highest BCUT2D eigenvalue weighted by atomic mass is 16.7. The van der Waals surface area contributed by atoms with Gasteiger partial charge in [0.25, 0.3) is 0 Å². The van der Waals surface area contributed by atoms with Crippen LogP contribution in [0, 0.1) is 0 Å². The number of allylic oxidation sites excluding steroid dienone is 9. The minimum Gasteiger partial charge on any atom is -0.466 e. The van der Waals surface area contributed by atoms with Gasteiger partial charge in [-0.25, -0.2) is 0 Å². The molecule has 0 aromatic rings. The van der Waals surface area contributed by atoms with E-state index in [1.54, 1.807) is 6.08 Å². The van der Waals surface area contributed by atoms with Crippen LogP contribution in [-0.2, 0) is 23.8 Å². The summed E-state index contributed by atoms with van der Waals surface area (Å²) in [5.41, 5.74) is 0. The second kappa shape index (κ2) is 50.5. The summed E-state index contributed by atoms with van der Waals surface area (Å²) in [5, 5.41) is 54.2. The zero-order valence-corrected chi connectivity index (χ0v) is 45.9. The number of hydrogen-bond donors (Lipinski definition) is 6. The number of carbonyl (C=O) groups excluding carboxylic acids is 2. The van der Waals surface area contributed by atoms with Crippen LogP contribution < -0.4 is 5.32 Å². The molecule has 1 saturated heterocycles. The molecule has 1 rings (SSSR count). The Morgan fingerprint density at radius 3 is 1.43 bits per heavy atom. The van der Waals surface area contributed by atoms with Crippen molar-refractivity contribution in [1.82, 2.24) is 5.32 Å². The summed E-state index contributed by atoms with van der Waals surface area (Å²) >= 11 is 0. The fourth-order valence-electron chi connectivity index (χ4n) is 8.80. The molecule has 11 heteroatoms. The lowest BCUT2D eigenvalue weighted by atomic mass is 9.99. The van der Waals surface area contributed by atoms with Gasteiger partial charge in [-0.15, -0.1) is 0 Å². The number of aliphatic hydroxyl groups excluding tert-OH is 5. The van der Waals surface area contributed by atoms with Crippen molar-refractivity contribution >= 4 is 11.9 Å². The third-order valence-electron chi connectivity index (χ3n) is 13.5. The van der Waals surface area contributed by atoms with Gasteiger partial charge in [0.1, 0.15) is 24.4 Å². The Morgan fingerprint density at radius 1 is 0.500 bits per heavy atom. The standard InChI is InChI=1S/C61H109NO10/c1-3-5-7-9-11-13-27-31-35-39-43-47-54(64)53(52-71-61-60(69)59(68)58(67)55(51-63)72-61)62-56(65)48-44-40-36-32-29-25-23-21-19-17-15-16-18-20-22-24-26-30-34-38-42-46-50-70-57(66)49-45-41-37-33-28-14-12-10-8-6-4-2/h7,9-10,12,17,19,27,31,43,47,53-55,58-61,63-64,67-69H,3-6,8,11,13-16,18,20-26,28-30,32-42,44-46,48-52H2,1-2H3,(H,62,65)/b9-7+,12-10-,19-17-,31-27+,47-43+. The van der Waals surface area contributed by atoms with Gasteiger partial charge in [0.2, 0.25) is 5.91 Å². The van der Waals surface area contributed by atoms with E-state index in [1.807, 2.05) is 6.08 Å². The van der Waals surface area contributed by atoms with Crippen LogP contribution >= 0.6 is 0 Å². The lowest BCUT2D eigenvalue weighted by Crippen LogP contribution is -2.60. The molecule has 0 aliphatic carbocycles. The fourth-order valence-corrected chi connectivity index (χ4v) is 8.80. The maximum Gasteiger partial charge on any atom is 0.305 e. The first-order chi connectivity index (χ1) is 35.2. The van der Waals surface area contributed by atoms with Gasteiger partial charge < -0.3 is 45.1 Å². The topological polar surface area (TPSA) is 175 Å². The van der Waals surface area contributed by atoms with E-state index in [-0.39, 0.29) is 18.5 Å². The van der Waals surface area contributed by atoms with Crippen molar-refractivity contribution < 1.29 is 49.3 Å². The Bertz CT molecular complexity index is 1380. The number of rotatable bonds is 50. The molecule has 0 aromatic carbocycles. The van der Waals surface area contributed by atoms with E-state index in [9.17, 15) is 35.1 Å². The Morgan fingerprint density at radius 2 is 0.931 bits per heavy atom. The van der Waals surface area contributed by atoms with E-state index in [0.29, 0.717) is 19.4 Å². The number of carbonyl (C=O) groups is 2. The third kappa shape index (κ3) is 39.8. The van der Waals surface area contributed by atoms with Gasteiger partial charge in [-0.3, -0.25) is 9.59 Å². The molecule has 418 valence electrons. The van der Waals surface area contributed by atoms with Crippen molar-refractivity contribution in [3.05, 3.63) is 60.8 Å². The normalized spacial score (nSPS) is 19.5. The van der Waals surface area contributed by atoms with E-state index in [0.717, 1.165) is 96.3 Å². The molecule has 0 aromatic heterocycles. The molecule has 6 N–H and O–H groups in total. The van der Waals surface area contributed by atoms with E-state index in [1.165, 1.54) is 128 Å². The summed E-state index contributed by atoms with van der Waals surface area (Å²) in [6, 6.07) is -0.840. The summed E-state index contributed by atoms with van der Waals surface area (Å²) in [6.07, 6.45) is 54.7. The molecule has 0 saturated carbocycles. The zero-order valence-electron chi connectivity index (χ0n) is 45.9. The predicted molar refractivity (Wildman–Crippen MR) is 296 cm³/mol. The predicted octanol–water partition coefficient (Wildman–Crippen LogP) is 13.4. The molecule has 1 fully saturated rings. The molecule has 7 unspecified atom stereocenters. The molecule has 72 heavy (non-hydrogen) atoms. The van der Waals surface area contributed by atoms with Crippen LogP contribution in [-0.4, -0.2) is 100 Å². The first kappa shape index (κ1) is 67.4. The van der Waals surface area contributed by atoms with Crippen LogP contribution in [0.2, 0.25) is 0 Å². The monoisotopic (exact) mass is 1020 g/mol. The number of unbranched alkanes of at least 4 members (excludes halogenated alkanes) is 28. The fraction of sp³-hybridized carbons (Fsp3) is 0.803. The van der Waals surface area contributed by atoms with Crippen molar-refractivity contribution in [2.45, 2.75) is 294 Å². The highest BCUT2D eigenvalue weighted by molar-refractivity contribution is 5.76. The number of hydrogen-bond acceptors (Lipinski definition) is 10. The van der Waals surface area contributed by atoms with Crippen LogP contribution in [0.25, 0.3) is 0 Å². The molecule has 1 heterocycles. The number of aliphatic hydroxyl groups is 5. The first-order valence-electron chi connectivity index (χ1n) is 29.6. The van der Waals surface area contributed by atoms with Gasteiger partial charge in [-0.2, -0.15) is 0 Å². The highest BCUT2D eigenvalue weighted by Gasteiger charge is 2.44. The van der Waals surface area contributed by atoms with Crippen LogP contribution in [0.4, 0.5) is 0 Å². The lowest BCUT2D eigenvalue weighted by Gasteiger charge is -2.40. The summed E-state index contributed by atoms with van der Waals surface area (Å²) in [4.78, 5) is 25.0. The van der Waals surface area contributed by atoms with Crippen molar-refractivity contribution in [1.29, 1.82) is 0 Å². The molecule has 1 aliphatic rings. The SMILES string of the molecule is CCC/C=C/CC/C=C/CC/C=C/C(O)C(COC1OC(CO)C(O)C(O)C1O)NC(=O)CCCCCCCCC/C=C\CCCCCCCCCCCCCOC(=O)CCCCCCC/C=C\CCCC. The molecule has 0 bridgehead atoms. The molecule has 1 aliphatic heterocycles. The average Bonchev–Trinajstić information content (AvgIpc) is 3.38. The number of amides is 1. The molecule has 1 amide bonds. The largest absolute Gasteiger partial charge is 0.466 e. The first-order valence-corrected chi connectivity index (χ1v) is 29.6. The second-order valence-electron chi connectivity index (χ2n) is 20.3. The Hall–Kier alpha value is -2.64. The maximum atomic E-state index is 13.0. The highest BCUT2D eigenvalue weighted by Crippen LogP contribution is 2.23. The number of ether oxygens (including phenoxy) is 3. The molecular formula is C61H109NO10.